The van der Waals surface area contributed by atoms with Crippen molar-refractivity contribution in [1.29, 1.82) is 0 Å². The smallest absolute Gasteiger partial charge is 0.0596 e. The normalized spacial score (nSPS) is 19.9. The SMILES string of the molecule is Cc1cc(CC(NN)C2CCCc3sccc32)n(C)n1. The van der Waals surface area contributed by atoms with Crippen molar-refractivity contribution in [3.8, 4) is 0 Å². The van der Waals surface area contributed by atoms with E-state index in [4.69, 9.17) is 5.84 Å². The molecule has 0 spiro atoms. The molecule has 108 valence electrons. The molecule has 0 radical (unpaired) electrons. The maximum Gasteiger partial charge on any atom is 0.0596 e. The number of thiophene rings is 1. The van der Waals surface area contributed by atoms with Gasteiger partial charge >= 0.3 is 0 Å². The lowest BCUT2D eigenvalue weighted by molar-refractivity contribution is 0.391. The van der Waals surface area contributed by atoms with E-state index in [0.29, 0.717) is 5.92 Å². The van der Waals surface area contributed by atoms with Crippen molar-refractivity contribution >= 4 is 11.3 Å². The molecule has 2 aromatic heterocycles. The van der Waals surface area contributed by atoms with E-state index in [1.807, 2.05) is 30.0 Å². The largest absolute Gasteiger partial charge is 0.272 e. The summed E-state index contributed by atoms with van der Waals surface area (Å²) in [6.45, 7) is 2.03. The van der Waals surface area contributed by atoms with Crippen molar-refractivity contribution in [3.05, 3.63) is 39.3 Å². The standard InChI is InChI=1S/C15H22N4S/c1-10-8-11(19(2)18-10)9-14(17-16)12-4-3-5-15-13(12)6-7-20-15/h6-8,12,14,17H,3-5,9,16H2,1-2H3. The molecule has 0 bridgehead atoms. The molecule has 0 fully saturated rings. The zero-order chi connectivity index (χ0) is 14.1. The Balaban J connectivity index is 1.83. The first-order chi connectivity index (χ1) is 9.69. The van der Waals surface area contributed by atoms with E-state index in [2.05, 4.69) is 28.0 Å². The van der Waals surface area contributed by atoms with Gasteiger partial charge in [0.2, 0.25) is 0 Å². The van der Waals surface area contributed by atoms with Gasteiger partial charge in [-0.1, -0.05) is 0 Å². The number of nitrogens with zero attached hydrogens (tertiary/aromatic N) is 2. The van der Waals surface area contributed by atoms with E-state index in [1.165, 1.54) is 30.5 Å². The number of hydrazine groups is 1. The van der Waals surface area contributed by atoms with Crippen LogP contribution < -0.4 is 11.3 Å². The van der Waals surface area contributed by atoms with Crippen LogP contribution in [0.25, 0.3) is 0 Å². The number of aromatic nitrogens is 2. The van der Waals surface area contributed by atoms with Crippen LogP contribution in [0.3, 0.4) is 0 Å². The van der Waals surface area contributed by atoms with Crippen molar-refractivity contribution in [2.75, 3.05) is 0 Å². The molecule has 3 N–H and O–H groups in total. The molecule has 0 saturated heterocycles. The van der Waals surface area contributed by atoms with Crippen molar-refractivity contribution in [2.24, 2.45) is 12.9 Å². The van der Waals surface area contributed by atoms with Crippen molar-refractivity contribution in [2.45, 2.75) is 44.6 Å². The molecule has 0 saturated carbocycles. The minimum atomic E-state index is 0.276. The number of rotatable bonds is 4. The van der Waals surface area contributed by atoms with Crippen LogP contribution in [0.15, 0.2) is 17.5 Å². The van der Waals surface area contributed by atoms with Crippen LogP contribution >= 0.6 is 11.3 Å². The predicted molar refractivity (Wildman–Crippen MR) is 82.8 cm³/mol. The number of nitrogens with two attached hydrogens (primary N) is 1. The average molecular weight is 290 g/mol. The number of fused-ring (bicyclic) bond motifs is 1. The highest BCUT2D eigenvalue weighted by Gasteiger charge is 2.28. The Morgan fingerprint density at radius 3 is 3.15 bits per heavy atom. The molecule has 0 aliphatic heterocycles. The van der Waals surface area contributed by atoms with Gasteiger partial charge in [-0.2, -0.15) is 5.10 Å². The molecule has 0 aromatic carbocycles. The van der Waals surface area contributed by atoms with Crippen LogP contribution in [0.5, 0.6) is 0 Å². The van der Waals surface area contributed by atoms with Crippen LogP contribution in [-0.4, -0.2) is 15.8 Å². The van der Waals surface area contributed by atoms with E-state index < -0.39 is 0 Å². The highest BCUT2D eigenvalue weighted by molar-refractivity contribution is 7.10. The summed E-state index contributed by atoms with van der Waals surface area (Å²) in [6.07, 6.45) is 4.63. The van der Waals surface area contributed by atoms with E-state index in [1.54, 1.807) is 4.88 Å². The van der Waals surface area contributed by atoms with Crippen LogP contribution in [0.1, 0.15) is 40.6 Å². The van der Waals surface area contributed by atoms with E-state index >= 15 is 0 Å². The lowest BCUT2D eigenvalue weighted by Crippen LogP contribution is -2.42. The van der Waals surface area contributed by atoms with Crippen molar-refractivity contribution in [1.82, 2.24) is 15.2 Å². The Morgan fingerprint density at radius 2 is 2.45 bits per heavy atom. The molecule has 2 atom stereocenters. The summed E-state index contributed by atoms with van der Waals surface area (Å²) in [6, 6.07) is 4.71. The summed E-state index contributed by atoms with van der Waals surface area (Å²) in [7, 11) is 2.01. The van der Waals surface area contributed by atoms with Crippen LogP contribution in [0.2, 0.25) is 0 Å². The van der Waals surface area contributed by atoms with Gasteiger partial charge in [-0.05, 0) is 49.3 Å². The van der Waals surface area contributed by atoms with Crippen LogP contribution in [-0.2, 0) is 19.9 Å². The maximum atomic E-state index is 5.86. The fourth-order valence-electron chi connectivity index (χ4n) is 3.34. The molecule has 2 unspecified atom stereocenters. The van der Waals surface area contributed by atoms with Gasteiger partial charge < -0.3 is 0 Å². The van der Waals surface area contributed by atoms with Gasteiger partial charge in [0, 0.05) is 36.0 Å². The highest BCUT2D eigenvalue weighted by atomic mass is 32.1. The second-order valence-corrected chi connectivity index (χ2v) is 6.68. The average Bonchev–Trinajstić information content (AvgIpc) is 3.02. The monoisotopic (exact) mass is 290 g/mol. The fraction of sp³-hybridized carbons (Fsp3) is 0.533. The second kappa shape index (κ2) is 5.68. The first-order valence-corrected chi connectivity index (χ1v) is 8.09. The third-order valence-corrected chi connectivity index (χ3v) is 5.32. The number of hydrogen-bond acceptors (Lipinski definition) is 4. The summed E-state index contributed by atoms with van der Waals surface area (Å²) in [5.74, 6) is 6.38. The van der Waals surface area contributed by atoms with Gasteiger partial charge in [0.25, 0.3) is 0 Å². The Labute approximate surface area is 124 Å². The molecule has 20 heavy (non-hydrogen) atoms. The first-order valence-electron chi connectivity index (χ1n) is 7.21. The van der Waals surface area contributed by atoms with Crippen molar-refractivity contribution < 1.29 is 0 Å². The molecular weight excluding hydrogens is 268 g/mol. The van der Waals surface area contributed by atoms with Crippen LogP contribution in [0, 0.1) is 6.92 Å². The van der Waals surface area contributed by atoms with E-state index in [-0.39, 0.29) is 6.04 Å². The predicted octanol–water partition coefficient (Wildman–Crippen LogP) is 2.28. The fourth-order valence-corrected chi connectivity index (χ4v) is 4.33. The van der Waals surface area contributed by atoms with E-state index in [9.17, 15) is 0 Å². The lowest BCUT2D eigenvalue weighted by atomic mass is 9.81. The third-order valence-electron chi connectivity index (χ3n) is 4.33. The topological polar surface area (TPSA) is 55.9 Å². The molecule has 0 amide bonds. The summed E-state index contributed by atoms with van der Waals surface area (Å²) in [4.78, 5) is 1.54. The van der Waals surface area contributed by atoms with Gasteiger partial charge in [-0.3, -0.25) is 16.0 Å². The summed E-state index contributed by atoms with van der Waals surface area (Å²) >= 11 is 1.88. The number of nitrogens with one attached hydrogen (secondary N) is 1. The third kappa shape index (κ3) is 2.53. The van der Waals surface area contributed by atoms with Crippen LogP contribution in [0.4, 0.5) is 0 Å². The van der Waals surface area contributed by atoms with Gasteiger partial charge in [0.05, 0.1) is 5.69 Å². The molecular formula is C15H22N4S. The maximum absolute atomic E-state index is 5.86. The highest BCUT2D eigenvalue weighted by Crippen LogP contribution is 2.37. The quantitative estimate of drug-likeness (QED) is 0.671. The van der Waals surface area contributed by atoms with Gasteiger partial charge in [-0.25, -0.2) is 0 Å². The Kier molecular flexibility index (Phi) is 3.92. The minimum Gasteiger partial charge on any atom is -0.272 e. The van der Waals surface area contributed by atoms with E-state index in [0.717, 1.165) is 12.1 Å². The van der Waals surface area contributed by atoms with Gasteiger partial charge in [0.15, 0.2) is 0 Å². The first kappa shape index (κ1) is 13.8. The summed E-state index contributed by atoms with van der Waals surface area (Å²) in [5, 5.41) is 6.64. The van der Waals surface area contributed by atoms with Gasteiger partial charge in [-0.15, -0.1) is 11.3 Å². The van der Waals surface area contributed by atoms with Crippen molar-refractivity contribution in [3.63, 3.8) is 0 Å². The summed E-state index contributed by atoms with van der Waals surface area (Å²) < 4.78 is 1.97. The molecule has 3 rings (SSSR count). The zero-order valence-corrected chi connectivity index (χ0v) is 12.9. The number of aryl methyl sites for hydroxylation is 3. The lowest BCUT2D eigenvalue weighted by Gasteiger charge is -2.30. The molecule has 2 aromatic rings. The minimum absolute atomic E-state index is 0.276. The molecule has 1 aliphatic rings. The van der Waals surface area contributed by atoms with Gasteiger partial charge in [0.1, 0.15) is 0 Å². The molecule has 5 heteroatoms. The molecule has 2 heterocycles. The molecule has 1 aliphatic carbocycles. The molecule has 4 nitrogen and oxygen atoms in total. The zero-order valence-electron chi connectivity index (χ0n) is 12.1. The summed E-state index contributed by atoms with van der Waals surface area (Å²) in [5.41, 5.74) is 6.86. The second-order valence-electron chi connectivity index (χ2n) is 5.68. The Morgan fingerprint density at radius 1 is 1.60 bits per heavy atom. The Bertz CT molecular complexity index is 586. The Hall–Kier alpha value is -1.17. The number of hydrogen-bond donors (Lipinski definition) is 2.